The summed E-state index contributed by atoms with van der Waals surface area (Å²) in [5, 5.41) is 0. The summed E-state index contributed by atoms with van der Waals surface area (Å²) in [6.45, 7) is 9.63. The Morgan fingerprint density at radius 1 is 0.680 bits per heavy atom. The van der Waals surface area contributed by atoms with E-state index in [2.05, 4.69) is 27.7 Å². The SMILES string of the molecule is CCCCC(CC)COC(=O)CCCC(=O)OCC(CC)CCCC. The van der Waals surface area contributed by atoms with Crippen LogP contribution in [0.5, 0.6) is 0 Å². The Morgan fingerprint density at radius 2 is 1.08 bits per heavy atom. The quantitative estimate of drug-likeness (QED) is 0.334. The Kier molecular flexibility index (Phi) is 15.7. The van der Waals surface area contributed by atoms with Crippen molar-refractivity contribution in [1.29, 1.82) is 0 Å². The summed E-state index contributed by atoms with van der Waals surface area (Å²) in [6.07, 6.45) is 10.1. The molecule has 2 atom stereocenters. The third-order valence-corrected chi connectivity index (χ3v) is 4.81. The third kappa shape index (κ3) is 13.9. The average Bonchev–Trinajstić information content (AvgIpc) is 2.62. The van der Waals surface area contributed by atoms with Crippen molar-refractivity contribution in [1.82, 2.24) is 0 Å². The van der Waals surface area contributed by atoms with Gasteiger partial charge in [0, 0.05) is 12.8 Å². The first kappa shape index (κ1) is 23.9. The van der Waals surface area contributed by atoms with Crippen molar-refractivity contribution in [3.05, 3.63) is 0 Å². The van der Waals surface area contributed by atoms with Crippen LogP contribution in [-0.4, -0.2) is 25.2 Å². The zero-order valence-electron chi connectivity index (χ0n) is 17.0. The molecule has 0 amide bonds. The fourth-order valence-electron chi connectivity index (χ4n) is 2.74. The second kappa shape index (κ2) is 16.4. The van der Waals surface area contributed by atoms with Crippen LogP contribution in [0.15, 0.2) is 0 Å². The fraction of sp³-hybridized carbons (Fsp3) is 0.905. The third-order valence-electron chi connectivity index (χ3n) is 4.81. The second-order valence-electron chi connectivity index (χ2n) is 7.05. The smallest absolute Gasteiger partial charge is 0.305 e. The van der Waals surface area contributed by atoms with Gasteiger partial charge in [0.15, 0.2) is 0 Å². The number of unbranched alkanes of at least 4 members (excludes halogenated alkanes) is 2. The summed E-state index contributed by atoms with van der Waals surface area (Å²) < 4.78 is 10.7. The minimum atomic E-state index is -0.197. The van der Waals surface area contributed by atoms with Crippen LogP contribution in [0.4, 0.5) is 0 Å². The molecular weight excluding hydrogens is 316 g/mol. The van der Waals surface area contributed by atoms with E-state index in [4.69, 9.17) is 9.47 Å². The largest absolute Gasteiger partial charge is 0.465 e. The lowest BCUT2D eigenvalue weighted by molar-refractivity contribution is -0.147. The molecule has 0 fully saturated rings. The van der Waals surface area contributed by atoms with E-state index < -0.39 is 0 Å². The van der Waals surface area contributed by atoms with Gasteiger partial charge in [-0.05, 0) is 31.1 Å². The molecule has 0 aliphatic heterocycles. The van der Waals surface area contributed by atoms with Crippen molar-refractivity contribution < 1.29 is 19.1 Å². The Bertz CT molecular complexity index is 309. The van der Waals surface area contributed by atoms with Gasteiger partial charge in [-0.3, -0.25) is 9.59 Å². The molecule has 148 valence electrons. The Balaban J connectivity index is 3.79. The van der Waals surface area contributed by atoms with Crippen LogP contribution >= 0.6 is 0 Å². The standard InChI is InChI=1S/C21H40O4/c1-5-9-12-18(7-3)16-24-20(22)14-11-15-21(23)25-17-19(8-4)13-10-6-2/h18-19H,5-17H2,1-4H3. The molecule has 0 saturated carbocycles. The lowest BCUT2D eigenvalue weighted by atomic mass is 10.0. The van der Waals surface area contributed by atoms with Gasteiger partial charge in [0.05, 0.1) is 13.2 Å². The molecule has 0 N–H and O–H groups in total. The first-order valence-corrected chi connectivity index (χ1v) is 10.4. The molecule has 2 unspecified atom stereocenters. The number of rotatable bonds is 16. The van der Waals surface area contributed by atoms with Gasteiger partial charge in [-0.15, -0.1) is 0 Å². The van der Waals surface area contributed by atoms with E-state index in [0.29, 0.717) is 44.3 Å². The van der Waals surface area contributed by atoms with E-state index in [1.165, 1.54) is 25.7 Å². The Labute approximate surface area is 155 Å². The lowest BCUT2D eigenvalue weighted by Gasteiger charge is -2.15. The average molecular weight is 357 g/mol. The maximum Gasteiger partial charge on any atom is 0.305 e. The number of hydrogen-bond donors (Lipinski definition) is 0. The normalized spacial score (nSPS) is 13.3. The van der Waals surface area contributed by atoms with Crippen molar-refractivity contribution in [2.24, 2.45) is 11.8 Å². The first-order valence-electron chi connectivity index (χ1n) is 10.4. The molecule has 0 aliphatic carbocycles. The highest BCUT2D eigenvalue weighted by molar-refractivity contribution is 5.72. The van der Waals surface area contributed by atoms with Gasteiger partial charge in [0.1, 0.15) is 0 Å². The second-order valence-corrected chi connectivity index (χ2v) is 7.05. The molecule has 0 aromatic heterocycles. The van der Waals surface area contributed by atoms with Crippen molar-refractivity contribution >= 4 is 11.9 Å². The van der Waals surface area contributed by atoms with Crippen molar-refractivity contribution in [2.75, 3.05) is 13.2 Å². The molecular formula is C21H40O4. The summed E-state index contributed by atoms with van der Waals surface area (Å²) in [4.78, 5) is 23.6. The Hall–Kier alpha value is -1.06. The van der Waals surface area contributed by atoms with Crippen LogP contribution < -0.4 is 0 Å². The van der Waals surface area contributed by atoms with Crippen LogP contribution in [0.2, 0.25) is 0 Å². The topological polar surface area (TPSA) is 52.6 Å². The number of hydrogen-bond acceptors (Lipinski definition) is 4. The van der Waals surface area contributed by atoms with Gasteiger partial charge in [-0.1, -0.05) is 66.2 Å². The maximum absolute atomic E-state index is 11.8. The molecule has 0 saturated heterocycles. The van der Waals surface area contributed by atoms with Crippen molar-refractivity contribution in [3.8, 4) is 0 Å². The highest BCUT2D eigenvalue weighted by atomic mass is 16.5. The minimum absolute atomic E-state index is 0.197. The van der Waals surface area contributed by atoms with E-state index in [1.54, 1.807) is 0 Å². The summed E-state index contributed by atoms with van der Waals surface area (Å²) in [7, 11) is 0. The summed E-state index contributed by atoms with van der Waals surface area (Å²) in [5.41, 5.74) is 0. The Morgan fingerprint density at radius 3 is 1.40 bits per heavy atom. The molecule has 4 nitrogen and oxygen atoms in total. The molecule has 0 bridgehead atoms. The number of carbonyl (C=O) groups excluding carboxylic acids is 2. The highest BCUT2D eigenvalue weighted by Gasteiger charge is 2.13. The fourth-order valence-corrected chi connectivity index (χ4v) is 2.74. The van der Waals surface area contributed by atoms with E-state index in [-0.39, 0.29) is 11.9 Å². The summed E-state index contributed by atoms with van der Waals surface area (Å²) in [5.74, 6) is 0.528. The van der Waals surface area contributed by atoms with Crippen LogP contribution in [0.25, 0.3) is 0 Å². The molecule has 0 aromatic rings. The van der Waals surface area contributed by atoms with Crippen molar-refractivity contribution in [3.63, 3.8) is 0 Å². The molecule has 0 rings (SSSR count). The molecule has 4 heteroatoms. The molecule has 25 heavy (non-hydrogen) atoms. The van der Waals surface area contributed by atoms with Gasteiger partial charge in [-0.25, -0.2) is 0 Å². The molecule has 0 spiro atoms. The van der Waals surface area contributed by atoms with E-state index in [9.17, 15) is 9.59 Å². The van der Waals surface area contributed by atoms with Crippen LogP contribution in [0.1, 0.15) is 98.3 Å². The number of esters is 2. The molecule has 0 aromatic carbocycles. The zero-order valence-corrected chi connectivity index (χ0v) is 17.0. The highest BCUT2D eigenvalue weighted by Crippen LogP contribution is 2.15. The van der Waals surface area contributed by atoms with E-state index >= 15 is 0 Å². The van der Waals surface area contributed by atoms with Crippen LogP contribution in [0, 0.1) is 11.8 Å². The van der Waals surface area contributed by atoms with Gasteiger partial charge in [0.25, 0.3) is 0 Å². The monoisotopic (exact) mass is 356 g/mol. The van der Waals surface area contributed by atoms with Gasteiger partial charge >= 0.3 is 11.9 Å². The summed E-state index contributed by atoms with van der Waals surface area (Å²) in [6, 6.07) is 0. The molecule has 0 radical (unpaired) electrons. The van der Waals surface area contributed by atoms with E-state index in [1.807, 2.05) is 0 Å². The number of ether oxygens (including phenoxy) is 2. The van der Waals surface area contributed by atoms with Gasteiger partial charge < -0.3 is 9.47 Å². The predicted octanol–water partition coefficient (Wildman–Crippen LogP) is 5.68. The maximum atomic E-state index is 11.8. The van der Waals surface area contributed by atoms with Crippen LogP contribution in [-0.2, 0) is 19.1 Å². The first-order chi connectivity index (χ1) is 12.1. The summed E-state index contributed by atoms with van der Waals surface area (Å²) >= 11 is 0. The predicted molar refractivity (Wildman–Crippen MR) is 102 cm³/mol. The zero-order chi connectivity index (χ0) is 18.9. The van der Waals surface area contributed by atoms with Crippen LogP contribution in [0.3, 0.4) is 0 Å². The minimum Gasteiger partial charge on any atom is -0.465 e. The molecule has 0 heterocycles. The number of carbonyl (C=O) groups is 2. The van der Waals surface area contributed by atoms with Crippen molar-refractivity contribution in [2.45, 2.75) is 98.3 Å². The lowest BCUT2D eigenvalue weighted by Crippen LogP contribution is -2.15. The van der Waals surface area contributed by atoms with Gasteiger partial charge in [-0.2, -0.15) is 0 Å². The molecule has 0 aliphatic rings. The van der Waals surface area contributed by atoms with E-state index in [0.717, 1.165) is 25.7 Å². The van der Waals surface area contributed by atoms with Gasteiger partial charge in [0.2, 0.25) is 0 Å².